The summed E-state index contributed by atoms with van der Waals surface area (Å²) < 4.78 is 27.8. The maximum Gasteiger partial charge on any atom is 0.243 e. The van der Waals surface area contributed by atoms with Crippen LogP contribution in [0.5, 0.6) is 0 Å². The molecule has 172 valence electrons. The van der Waals surface area contributed by atoms with Crippen LogP contribution in [-0.4, -0.2) is 62.2 Å². The van der Waals surface area contributed by atoms with Crippen molar-refractivity contribution in [3.63, 3.8) is 0 Å². The Morgan fingerprint density at radius 1 is 0.758 bits per heavy atom. The van der Waals surface area contributed by atoms with E-state index in [1.807, 2.05) is 37.3 Å². The summed E-state index contributed by atoms with van der Waals surface area (Å²) in [5, 5.41) is 8.90. The molecule has 0 amide bonds. The second-order valence-electron chi connectivity index (χ2n) is 8.68. The van der Waals surface area contributed by atoms with Crippen molar-refractivity contribution in [2.75, 3.05) is 49.1 Å². The van der Waals surface area contributed by atoms with Gasteiger partial charge in [-0.2, -0.15) is 4.31 Å². The molecule has 33 heavy (non-hydrogen) atoms. The van der Waals surface area contributed by atoms with Crippen molar-refractivity contribution in [1.82, 2.24) is 14.5 Å². The van der Waals surface area contributed by atoms with Crippen LogP contribution in [-0.2, 0) is 10.0 Å². The molecule has 0 spiro atoms. The summed E-state index contributed by atoms with van der Waals surface area (Å²) >= 11 is 0. The molecule has 7 nitrogen and oxygen atoms in total. The van der Waals surface area contributed by atoms with Crippen LogP contribution in [0.3, 0.4) is 0 Å². The summed E-state index contributed by atoms with van der Waals surface area (Å²) in [4.78, 5) is 4.99. The number of para-hydroxylation sites is 1. The molecule has 3 aromatic rings. The molecule has 8 heteroatoms. The molecule has 0 unspecified atom stereocenters. The van der Waals surface area contributed by atoms with E-state index in [4.69, 9.17) is 0 Å². The third-order valence-electron chi connectivity index (χ3n) is 6.54. The van der Waals surface area contributed by atoms with Crippen LogP contribution in [0, 0.1) is 6.92 Å². The third-order valence-corrected chi connectivity index (χ3v) is 8.58. The zero-order valence-corrected chi connectivity index (χ0v) is 19.7. The lowest BCUT2D eigenvalue weighted by molar-refractivity contribution is 0.477. The molecule has 2 fully saturated rings. The topological polar surface area (TPSA) is 69.6 Å². The number of benzene rings is 2. The normalized spacial score (nSPS) is 17.5. The maximum atomic E-state index is 13.1. The first kappa shape index (κ1) is 21.9. The van der Waals surface area contributed by atoms with Gasteiger partial charge in [-0.15, -0.1) is 10.2 Å². The second kappa shape index (κ2) is 9.11. The largest absolute Gasteiger partial charge is 0.368 e. The van der Waals surface area contributed by atoms with Crippen LogP contribution < -0.4 is 9.80 Å². The molecular formula is C25H29N5O2S. The highest BCUT2D eigenvalue weighted by molar-refractivity contribution is 7.89. The Kier molecular flexibility index (Phi) is 6.03. The molecule has 0 atom stereocenters. The highest BCUT2D eigenvalue weighted by Gasteiger charge is 2.29. The predicted octanol–water partition coefficient (Wildman–Crippen LogP) is 3.56. The molecule has 0 radical (unpaired) electrons. The number of rotatable bonds is 5. The van der Waals surface area contributed by atoms with Gasteiger partial charge in [-0.05, 0) is 55.7 Å². The molecule has 0 saturated carbocycles. The Hall–Kier alpha value is -2.97. The third kappa shape index (κ3) is 4.45. The van der Waals surface area contributed by atoms with Gasteiger partial charge >= 0.3 is 0 Å². The number of aromatic nitrogens is 2. The van der Waals surface area contributed by atoms with Gasteiger partial charge in [0.25, 0.3) is 0 Å². The number of hydrogen-bond donors (Lipinski definition) is 0. The molecule has 2 aliphatic rings. The molecule has 1 aromatic heterocycles. The van der Waals surface area contributed by atoms with Gasteiger partial charge in [-0.3, -0.25) is 0 Å². The van der Waals surface area contributed by atoms with Gasteiger partial charge in [0.1, 0.15) is 0 Å². The van der Waals surface area contributed by atoms with Crippen LogP contribution in [0.15, 0.2) is 65.6 Å². The number of aryl methyl sites for hydroxylation is 1. The minimum atomic E-state index is -3.48. The van der Waals surface area contributed by atoms with E-state index in [9.17, 15) is 8.42 Å². The molecule has 0 N–H and O–H groups in total. The molecule has 0 bridgehead atoms. The standard InChI is InChI=1S/C25H29N5O2S/c1-20-9-10-21(19-24(20)33(31,32)30-13-5-6-14-30)23-11-12-25(27-26-23)29-17-15-28(16-18-29)22-7-3-2-4-8-22/h2-4,7-12,19H,5-6,13-18H2,1H3. The van der Waals surface area contributed by atoms with Gasteiger partial charge in [0.05, 0.1) is 10.6 Å². The zero-order chi connectivity index (χ0) is 22.8. The number of hydrogen-bond acceptors (Lipinski definition) is 6. The van der Waals surface area contributed by atoms with Gasteiger partial charge < -0.3 is 9.80 Å². The lowest BCUT2D eigenvalue weighted by Crippen LogP contribution is -2.46. The molecule has 5 rings (SSSR count). The van der Waals surface area contributed by atoms with Crippen LogP contribution >= 0.6 is 0 Å². The van der Waals surface area contributed by atoms with Crippen LogP contribution in [0.2, 0.25) is 0 Å². The van der Waals surface area contributed by atoms with Crippen LogP contribution in [0.4, 0.5) is 11.5 Å². The summed E-state index contributed by atoms with van der Waals surface area (Å²) in [5.41, 5.74) is 3.45. The SMILES string of the molecule is Cc1ccc(-c2ccc(N3CCN(c4ccccc4)CC3)nn2)cc1S(=O)(=O)N1CCCC1. The lowest BCUT2D eigenvalue weighted by Gasteiger charge is -2.36. The first-order valence-corrected chi connectivity index (χ1v) is 13.0. The van der Waals surface area contributed by atoms with Crippen molar-refractivity contribution >= 4 is 21.5 Å². The molecular weight excluding hydrogens is 434 g/mol. The van der Waals surface area contributed by atoms with Crippen LogP contribution in [0.1, 0.15) is 18.4 Å². The Morgan fingerprint density at radius 2 is 1.45 bits per heavy atom. The van der Waals surface area contributed by atoms with E-state index in [2.05, 4.69) is 44.3 Å². The van der Waals surface area contributed by atoms with E-state index in [-0.39, 0.29) is 0 Å². The van der Waals surface area contributed by atoms with Crippen molar-refractivity contribution in [3.8, 4) is 11.3 Å². The molecule has 2 aliphatic heterocycles. The Balaban J connectivity index is 1.31. The summed E-state index contributed by atoms with van der Waals surface area (Å²) in [5.74, 6) is 0.850. The summed E-state index contributed by atoms with van der Waals surface area (Å²) in [6.45, 7) is 6.66. The highest BCUT2D eigenvalue weighted by Crippen LogP contribution is 2.28. The van der Waals surface area contributed by atoms with E-state index in [0.29, 0.717) is 23.7 Å². The summed E-state index contributed by atoms with van der Waals surface area (Å²) in [6, 6.07) is 19.9. The summed E-state index contributed by atoms with van der Waals surface area (Å²) in [6.07, 6.45) is 1.84. The van der Waals surface area contributed by atoms with Crippen molar-refractivity contribution in [1.29, 1.82) is 0 Å². The fraction of sp³-hybridized carbons (Fsp3) is 0.360. The monoisotopic (exact) mass is 463 g/mol. The Morgan fingerprint density at radius 3 is 2.12 bits per heavy atom. The fourth-order valence-electron chi connectivity index (χ4n) is 4.59. The van der Waals surface area contributed by atoms with E-state index in [1.54, 1.807) is 10.4 Å². The smallest absolute Gasteiger partial charge is 0.243 e. The van der Waals surface area contributed by atoms with Crippen molar-refractivity contribution in [2.24, 2.45) is 0 Å². The molecule has 2 saturated heterocycles. The highest BCUT2D eigenvalue weighted by atomic mass is 32.2. The number of nitrogens with zero attached hydrogens (tertiary/aromatic N) is 5. The first-order valence-electron chi connectivity index (χ1n) is 11.5. The van der Waals surface area contributed by atoms with E-state index in [1.165, 1.54) is 5.69 Å². The lowest BCUT2D eigenvalue weighted by atomic mass is 10.1. The minimum absolute atomic E-state index is 0.366. The van der Waals surface area contributed by atoms with Gasteiger partial charge in [0, 0.05) is 50.5 Å². The van der Waals surface area contributed by atoms with Crippen molar-refractivity contribution in [3.05, 3.63) is 66.2 Å². The quantitative estimate of drug-likeness (QED) is 0.576. The number of anilines is 2. The average Bonchev–Trinajstić information content (AvgIpc) is 3.41. The van der Waals surface area contributed by atoms with Crippen molar-refractivity contribution in [2.45, 2.75) is 24.7 Å². The van der Waals surface area contributed by atoms with E-state index < -0.39 is 10.0 Å². The predicted molar refractivity (Wildman–Crippen MR) is 131 cm³/mol. The second-order valence-corrected chi connectivity index (χ2v) is 10.6. The number of sulfonamides is 1. The van der Waals surface area contributed by atoms with E-state index in [0.717, 1.165) is 56.0 Å². The summed E-state index contributed by atoms with van der Waals surface area (Å²) in [7, 11) is -3.48. The Bertz CT molecular complexity index is 1200. The molecule has 0 aliphatic carbocycles. The minimum Gasteiger partial charge on any atom is -0.368 e. The molecule has 2 aromatic carbocycles. The van der Waals surface area contributed by atoms with Gasteiger partial charge in [-0.25, -0.2) is 8.42 Å². The van der Waals surface area contributed by atoms with Gasteiger partial charge in [0.15, 0.2) is 5.82 Å². The van der Waals surface area contributed by atoms with Crippen molar-refractivity contribution < 1.29 is 8.42 Å². The number of piperazine rings is 1. The van der Waals surface area contributed by atoms with Crippen LogP contribution in [0.25, 0.3) is 11.3 Å². The molecule has 3 heterocycles. The van der Waals surface area contributed by atoms with Gasteiger partial charge in [-0.1, -0.05) is 30.3 Å². The first-order chi connectivity index (χ1) is 16.0. The zero-order valence-electron chi connectivity index (χ0n) is 18.9. The van der Waals surface area contributed by atoms with E-state index >= 15 is 0 Å². The maximum absolute atomic E-state index is 13.1. The Labute approximate surface area is 195 Å². The average molecular weight is 464 g/mol. The van der Waals surface area contributed by atoms with Gasteiger partial charge in [0.2, 0.25) is 10.0 Å². The fourth-order valence-corrected chi connectivity index (χ4v) is 6.35.